The molecule has 3 N–H and O–H groups in total. The smallest absolute Gasteiger partial charge is 0.246 e. The van der Waals surface area contributed by atoms with E-state index in [1.807, 2.05) is 51.9 Å². The lowest BCUT2D eigenvalue weighted by atomic mass is 9.97. The molecule has 34 heavy (non-hydrogen) atoms. The van der Waals surface area contributed by atoms with Gasteiger partial charge in [-0.15, -0.1) is 0 Å². The van der Waals surface area contributed by atoms with Crippen molar-refractivity contribution < 1.29 is 4.79 Å². The Morgan fingerprint density at radius 3 is 2.85 bits per heavy atom. The number of amides is 1. The van der Waals surface area contributed by atoms with Crippen LogP contribution < -0.4 is 21.1 Å². The Kier molecular flexibility index (Phi) is 5.18. The number of hydrogen-bond donors (Lipinski definition) is 2. The molecule has 3 aliphatic heterocycles. The number of aryl methyl sites for hydroxylation is 1. The summed E-state index contributed by atoms with van der Waals surface area (Å²) in [5, 5.41) is 6.83. The summed E-state index contributed by atoms with van der Waals surface area (Å²) < 4.78 is 1.86. The van der Waals surface area contributed by atoms with Crippen LogP contribution in [0.25, 0.3) is 5.65 Å². The zero-order chi connectivity index (χ0) is 23.4. The molecule has 2 aromatic heterocycles. The van der Waals surface area contributed by atoms with E-state index in [2.05, 4.69) is 23.3 Å². The summed E-state index contributed by atoms with van der Waals surface area (Å²) in [4.78, 5) is 23.0. The summed E-state index contributed by atoms with van der Waals surface area (Å²) in [5.41, 5.74) is 14.4. The van der Waals surface area contributed by atoms with Crippen molar-refractivity contribution in [2.45, 2.75) is 50.7 Å². The van der Waals surface area contributed by atoms with E-state index in [4.69, 9.17) is 15.8 Å². The highest BCUT2D eigenvalue weighted by Crippen LogP contribution is 2.37. The largest absolute Gasteiger partial charge is 0.355 e. The maximum absolute atomic E-state index is 13.8. The third kappa shape index (κ3) is 3.50. The molecule has 3 aliphatic rings. The van der Waals surface area contributed by atoms with Gasteiger partial charge in [0.05, 0.1) is 17.4 Å². The molecule has 0 radical (unpaired) electrons. The number of piperidine rings is 1. The molecule has 2 saturated heterocycles. The summed E-state index contributed by atoms with van der Waals surface area (Å²) in [6.07, 6.45) is 6.04. The number of fused-ring (bicyclic) bond motifs is 2. The molecule has 1 amide bonds. The summed E-state index contributed by atoms with van der Waals surface area (Å²) in [6, 6.07) is 9.92. The first-order chi connectivity index (χ1) is 16.5. The molecule has 2 fully saturated rings. The quantitative estimate of drug-likeness (QED) is 0.619. The van der Waals surface area contributed by atoms with Gasteiger partial charge in [0.25, 0.3) is 0 Å². The van der Waals surface area contributed by atoms with E-state index in [0.29, 0.717) is 0 Å². The van der Waals surface area contributed by atoms with Crippen LogP contribution >= 0.6 is 0 Å². The van der Waals surface area contributed by atoms with Crippen molar-refractivity contribution in [3.63, 3.8) is 0 Å². The molecule has 0 aliphatic carbocycles. The molecule has 0 saturated carbocycles. The molecule has 9 heteroatoms. The van der Waals surface area contributed by atoms with Gasteiger partial charge in [0.2, 0.25) is 5.91 Å². The lowest BCUT2D eigenvalue weighted by Crippen LogP contribution is -2.45. The Morgan fingerprint density at radius 1 is 1.18 bits per heavy atom. The number of hydrazine groups is 1. The van der Waals surface area contributed by atoms with Gasteiger partial charge in [0.15, 0.2) is 5.65 Å². The summed E-state index contributed by atoms with van der Waals surface area (Å²) in [6.45, 7) is 4.58. The highest BCUT2D eigenvalue weighted by atomic mass is 16.2. The SMILES string of the molecule is Cc1cn2nc([C@@H]3CCCCN3C(=O)C3NN(C)c4ccccc43)cc2nc1N1CC[C@H](N)C1. The third-order valence-electron chi connectivity index (χ3n) is 7.45. The number of aromatic nitrogens is 3. The highest BCUT2D eigenvalue weighted by Gasteiger charge is 2.38. The molecule has 6 rings (SSSR count). The van der Waals surface area contributed by atoms with Crippen molar-refractivity contribution in [1.29, 1.82) is 0 Å². The standard InChI is InChI=1S/C25H32N8O/c1-16-14-33-22(27-24(16)31-12-10-17(26)15-31)13-19(28-33)21-9-5-6-11-32(21)25(34)23-18-7-3-4-8-20(18)30(2)29-23/h3-4,7-8,13-14,17,21,23,29H,5-6,9-12,15,26H2,1-2H3/t17-,21-,23?/m0/s1. The highest BCUT2D eigenvalue weighted by molar-refractivity contribution is 5.87. The van der Waals surface area contributed by atoms with Crippen molar-refractivity contribution >= 4 is 23.1 Å². The summed E-state index contributed by atoms with van der Waals surface area (Å²) in [7, 11) is 1.96. The van der Waals surface area contributed by atoms with Crippen molar-refractivity contribution in [1.82, 2.24) is 24.9 Å². The molecule has 1 aromatic carbocycles. The van der Waals surface area contributed by atoms with Crippen LogP contribution in [0.4, 0.5) is 11.5 Å². The lowest BCUT2D eigenvalue weighted by molar-refractivity contribution is -0.137. The second kappa shape index (κ2) is 8.25. The fraction of sp³-hybridized carbons (Fsp3) is 0.480. The van der Waals surface area contributed by atoms with Crippen molar-refractivity contribution in [3.8, 4) is 0 Å². The lowest BCUT2D eigenvalue weighted by Gasteiger charge is -2.36. The van der Waals surface area contributed by atoms with Crippen LogP contribution in [0.1, 0.15) is 54.6 Å². The zero-order valence-corrected chi connectivity index (χ0v) is 19.8. The number of hydrogen-bond acceptors (Lipinski definition) is 7. The zero-order valence-electron chi connectivity index (χ0n) is 19.8. The van der Waals surface area contributed by atoms with E-state index < -0.39 is 0 Å². The van der Waals surface area contributed by atoms with Gasteiger partial charge in [-0.3, -0.25) is 4.79 Å². The van der Waals surface area contributed by atoms with Crippen LogP contribution in [0.2, 0.25) is 0 Å². The van der Waals surface area contributed by atoms with E-state index in [0.717, 1.165) is 79.3 Å². The van der Waals surface area contributed by atoms with E-state index in [1.165, 1.54) is 0 Å². The average Bonchev–Trinajstić information content (AvgIpc) is 3.55. The minimum absolute atomic E-state index is 0.0493. The molecular weight excluding hydrogens is 428 g/mol. The molecule has 3 aromatic rings. The van der Waals surface area contributed by atoms with E-state index in [9.17, 15) is 4.79 Å². The number of likely N-dealkylation sites (tertiary alicyclic amines) is 1. The van der Waals surface area contributed by atoms with Crippen molar-refractivity contribution in [3.05, 3.63) is 53.3 Å². The fourth-order valence-corrected chi connectivity index (χ4v) is 5.71. The first-order valence-electron chi connectivity index (χ1n) is 12.3. The van der Waals surface area contributed by atoms with Crippen LogP contribution in [0, 0.1) is 6.92 Å². The number of para-hydroxylation sites is 1. The Bertz CT molecular complexity index is 1240. The van der Waals surface area contributed by atoms with E-state index >= 15 is 0 Å². The van der Waals surface area contributed by atoms with Gasteiger partial charge in [0, 0.05) is 56.1 Å². The van der Waals surface area contributed by atoms with Crippen LogP contribution in [0.5, 0.6) is 0 Å². The molecule has 1 unspecified atom stereocenters. The monoisotopic (exact) mass is 460 g/mol. The second-order valence-electron chi connectivity index (χ2n) is 9.84. The molecule has 0 spiro atoms. The number of anilines is 2. The number of rotatable bonds is 3. The first-order valence-corrected chi connectivity index (χ1v) is 12.3. The Morgan fingerprint density at radius 2 is 2.03 bits per heavy atom. The Balaban J connectivity index is 1.31. The van der Waals surface area contributed by atoms with Gasteiger partial charge in [-0.25, -0.2) is 14.9 Å². The van der Waals surface area contributed by atoms with Gasteiger partial charge in [-0.1, -0.05) is 18.2 Å². The molecule has 9 nitrogen and oxygen atoms in total. The number of nitrogens with zero attached hydrogens (tertiary/aromatic N) is 6. The van der Waals surface area contributed by atoms with Crippen molar-refractivity contribution in [2.75, 3.05) is 36.6 Å². The first kappa shape index (κ1) is 21.4. The van der Waals surface area contributed by atoms with Gasteiger partial charge < -0.3 is 20.5 Å². The fourth-order valence-electron chi connectivity index (χ4n) is 5.71. The van der Waals surface area contributed by atoms with Gasteiger partial charge in [-0.2, -0.15) is 5.10 Å². The molecule has 3 atom stereocenters. The third-order valence-corrected chi connectivity index (χ3v) is 7.45. The van der Waals surface area contributed by atoms with Crippen LogP contribution in [-0.2, 0) is 4.79 Å². The Hall–Kier alpha value is -3.17. The number of nitrogens with two attached hydrogens (primary N) is 1. The molecule has 178 valence electrons. The van der Waals surface area contributed by atoms with Gasteiger partial charge in [-0.05, 0) is 38.7 Å². The number of benzene rings is 1. The van der Waals surface area contributed by atoms with Gasteiger partial charge >= 0.3 is 0 Å². The van der Waals surface area contributed by atoms with E-state index in [1.54, 1.807) is 0 Å². The normalized spacial score (nSPS) is 24.8. The minimum atomic E-state index is -0.370. The number of nitrogens with one attached hydrogen (secondary N) is 1. The van der Waals surface area contributed by atoms with Crippen LogP contribution in [0.15, 0.2) is 36.5 Å². The van der Waals surface area contributed by atoms with Crippen LogP contribution in [0.3, 0.4) is 0 Å². The predicted molar refractivity (Wildman–Crippen MR) is 132 cm³/mol. The van der Waals surface area contributed by atoms with E-state index in [-0.39, 0.29) is 24.0 Å². The molecule has 5 heterocycles. The summed E-state index contributed by atoms with van der Waals surface area (Å²) >= 11 is 0. The Labute approximate surface area is 199 Å². The topological polar surface area (TPSA) is 95.0 Å². The maximum atomic E-state index is 13.8. The van der Waals surface area contributed by atoms with Crippen molar-refractivity contribution in [2.24, 2.45) is 5.73 Å². The van der Waals surface area contributed by atoms with Crippen LogP contribution in [-0.4, -0.2) is 58.1 Å². The maximum Gasteiger partial charge on any atom is 0.246 e. The summed E-state index contributed by atoms with van der Waals surface area (Å²) in [5.74, 6) is 1.09. The predicted octanol–water partition coefficient (Wildman–Crippen LogP) is 2.32. The molecular formula is C25H32N8O. The average molecular weight is 461 g/mol. The number of carbonyl (C=O) groups is 1. The second-order valence-corrected chi connectivity index (χ2v) is 9.84. The molecule has 0 bridgehead atoms. The number of carbonyl (C=O) groups excluding carboxylic acids is 1. The minimum Gasteiger partial charge on any atom is -0.355 e. The van der Waals surface area contributed by atoms with Gasteiger partial charge in [0.1, 0.15) is 11.9 Å².